The van der Waals surface area contributed by atoms with Crippen molar-refractivity contribution < 1.29 is 13.5 Å². The van der Waals surface area contributed by atoms with Gasteiger partial charge in [0.25, 0.3) is 0 Å². The molecule has 1 aliphatic carbocycles. The van der Waals surface area contributed by atoms with Crippen molar-refractivity contribution in [3.63, 3.8) is 0 Å². The van der Waals surface area contributed by atoms with E-state index in [1.165, 1.54) is 18.9 Å². The molecular weight excluding hydrogens is 248 g/mol. The first-order chi connectivity index (χ1) is 8.06. The Labute approximate surface area is 104 Å². The van der Waals surface area contributed by atoms with Gasteiger partial charge in [-0.2, -0.15) is 8.78 Å². The minimum Gasteiger partial charge on any atom is -0.433 e. The van der Waals surface area contributed by atoms with Crippen LogP contribution in [0.2, 0.25) is 5.02 Å². The van der Waals surface area contributed by atoms with Gasteiger partial charge in [0.1, 0.15) is 5.75 Å². The maximum absolute atomic E-state index is 12.0. The van der Waals surface area contributed by atoms with Crippen LogP contribution in [0.5, 0.6) is 5.75 Å². The summed E-state index contributed by atoms with van der Waals surface area (Å²) >= 11 is 5.85. The van der Waals surface area contributed by atoms with Crippen LogP contribution in [0.3, 0.4) is 0 Å². The van der Waals surface area contributed by atoms with Gasteiger partial charge in [0.05, 0.1) is 5.02 Å². The highest BCUT2D eigenvalue weighted by Gasteiger charge is 2.27. The molecule has 1 N–H and O–H groups in total. The zero-order valence-electron chi connectivity index (χ0n) is 9.42. The molecule has 1 fully saturated rings. The van der Waals surface area contributed by atoms with Crippen molar-refractivity contribution in [3.05, 3.63) is 23.2 Å². The van der Waals surface area contributed by atoms with Crippen LogP contribution < -0.4 is 10.1 Å². The lowest BCUT2D eigenvalue weighted by molar-refractivity contribution is -0.0497. The first-order valence-corrected chi connectivity index (χ1v) is 5.95. The van der Waals surface area contributed by atoms with Crippen LogP contribution >= 0.6 is 11.6 Å². The minimum atomic E-state index is -2.85. The third kappa shape index (κ3) is 3.46. The largest absolute Gasteiger partial charge is 0.433 e. The van der Waals surface area contributed by atoms with Gasteiger partial charge in [-0.1, -0.05) is 11.6 Å². The Morgan fingerprint density at radius 1 is 1.41 bits per heavy atom. The molecule has 2 nitrogen and oxygen atoms in total. The smallest absolute Gasteiger partial charge is 0.387 e. The summed E-state index contributed by atoms with van der Waals surface area (Å²) in [5, 5.41) is 3.49. The van der Waals surface area contributed by atoms with Crippen molar-refractivity contribution in [3.8, 4) is 5.75 Å². The summed E-state index contributed by atoms with van der Waals surface area (Å²) in [6.45, 7) is -0.744. The van der Waals surface area contributed by atoms with Crippen LogP contribution in [0.15, 0.2) is 18.2 Å². The van der Waals surface area contributed by atoms with Crippen LogP contribution in [-0.2, 0) is 0 Å². The highest BCUT2D eigenvalue weighted by molar-refractivity contribution is 6.32. The standard InChI is InChI=1S/C12H14ClF2NO/c1-7(8-2-3-8)16-9-4-5-11(10(13)6-9)17-12(14)15/h4-8,12,16H,2-3H2,1H3. The summed E-state index contributed by atoms with van der Waals surface area (Å²) in [4.78, 5) is 0. The van der Waals surface area contributed by atoms with E-state index in [9.17, 15) is 8.78 Å². The zero-order valence-corrected chi connectivity index (χ0v) is 10.2. The van der Waals surface area contributed by atoms with E-state index in [1.807, 2.05) is 0 Å². The fourth-order valence-electron chi connectivity index (χ4n) is 1.76. The number of halogens is 3. The molecule has 1 unspecified atom stereocenters. The lowest BCUT2D eigenvalue weighted by Crippen LogP contribution is -2.17. The average molecular weight is 262 g/mol. The second-order valence-corrected chi connectivity index (χ2v) is 4.70. The van der Waals surface area contributed by atoms with Crippen molar-refractivity contribution in [1.29, 1.82) is 0 Å². The van der Waals surface area contributed by atoms with Gasteiger partial charge in [0, 0.05) is 11.7 Å². The van der Waals surface area contributed by atoms with Gasteiger partial charge in [-0.05, 0) is 43.9 Å². The summed E-state index contributed by atoms with van der Waals surface area (Å²) in [5.74, 6) is 0.719. The number of nitrogens with one attached hydrogen (secondary N) is 1. The second-order valence-electron chi connectivity index (χ2n) is 4.29. The molecule has 0 aromatic heterocycles. The van der Waals surface area contributed by atoms with Gasteiger partial charge < -0.3 is 10.1 Å². The van der Waals surface area contributed by atoms with E-state index < -0.39 is 6.61 Å². The van der Waals surface area contributed by atoms with E-state index in [0.29, 0.717) is 12.0 Å². The zero-order chi connectivity index (χ0) is 12.4. The van der Waals surface area contributed by atoms with Gasteiger partial charge in [-0.25, -0.2) is 0 Å². The molecule has 0 bridgehead atoms. The third-order valence-corrected chi connectivity index (χ3v) is 3.17. The van der Waals surface area contributed by atoms with Crippen LogP contribution in [0, 0.1) is 5.92 Å². The quantitative estimate of drug-likeness (QED) is 0.860. The predicted molar refractivity (Wildman–Crippen MR) is 63.9 cm³/mol. The van der Waals surface area contributed by atoms with Crippen LogP contribution in [0.1, 0.15) is 19.8 Å². The minimum absolute atomic E-state index is 0.00583. The summed E-state index contributed by atoms with van der Waals surface area (Å²) in [6.07, 6.45) is 2.49. The molecule has 1 aromatic rings. The number of hydrogen-bond donors (Lipinski definition) is 1. The molecule has 5 heteroatoms. The molecule has 0 radical (unpaired) electrons. The van der Waals surface area contributed by atoms with Crippen molar-refractivity contribution in [2.45, 2.75) is 32.4 Å². The van der Waals surface area contributed by atoms with E-state index in [4.69, 9.17) is 11.6 Å². The number of rotatable bonds is 5. The predicted octanol–water partition coefficient (Wildman–Crippen LogP) is 4.15. The molecule has 0 aliphatic heterocycles. The molecule has 0 spiro atoms. The number of alkyl halides is 2. The highest BCUT2D eigenvalue weighted by atomic mass is 35.5. The van der Waals surface area contributed by atoms with Crippen molar-refractivity contribution >= 4 is 17.3 Å². The Bertz CT molecular complexity index is 396. The molecular formula is C12H14ClF2NO. The Morgan fingerprint density at radius 3 is 2.65 bits per heavy atom. The fraction of sp³-hybridized carbons (Fsp3) is 0.500. The molecule has 17 heavy (non-hydrogen) atoms. The van der Waals surface area contributed by atoms with E-state index in [2.05, 4.69) is 17.0 Å². The van der Waals surface area contributed by atoms with Crippen molar-refractivity contribution in [2.75, 3.05) is 5.32 Å². The number of benzene rings is 1. The van der Waals surface area contributed by atoms with E-state index >= 15 is 0 Å². The Balaban J connectivity index is 2.02. The Kier molecular flexibility index (Phi) is 3.72. The molecule has 1 aliphatic rings. The lowest BCUT2D eigenvalue weighted by Gasteiger charge is -2.15. The van der Waals surface area contributed by atoms with E-state index in [-0.39, 0.29) is 10.8 Å². The summed E-state index contributed by atoms with van der Waals surface area (Å²) < 4.78 is 28.3. The van der Waals surface area contributed by atoms with Gasteiger partial charge >= 0.3 is 6.61 Å². The summed E-state index contributed by atoms with van der Waals surface area (Å²) in [7, 11) is 0. The molecule has 0 heterocycles. The Hall–Kier alpha value is -1.03. The van der Waals surface area contributed by atoms with Crippen molar-refractivity contribution in [2.24, 2.45) is 5.92 Å². The average Bonchev–Trinajstić information content (AvgIpc) is 3.05. The number of ether oxygens (including phenoxy) is 1. The molecule has 1 atom stereocenters. The van der Waals surface area contributed by atoms with Gasteiger partial charge in [-0.3, -0.25) is 0 Å². The number of anilines is 1. The van der Waals surface area contributed by atoms with Gasteiger partial charge in [-0.15, -0.1) is 0 Å². The number of hydrogen-bond acceptors (Lipinski definition) is 2. The fourth-order valence-corrected chi connectivity index (χ4v) is 1.98. The van der Waals surface area contributed by atoms with Gasteiger partial charge in [0.15, 0.2) is 0 Å². The van der Waals surface area contributed by atoms with Crippen LogP contribution in [0.25, 0.3) is 0 Å². The molecule has 1 aromatic carbocycles. The Morgan fingerprint density at radius 2 is 2.12 bits per heavy atom. The topological polar surface area (TPSA) is 21.3 Å². The lowest BCUT2D eigenvalue weighted by atomic mass is 10.2. The third-order valence-electron chi connectivity index (χ3n) is 2.87. The molecule has 94 valence electrons. The van der Waals surface area contributed by atoms with Crippen LogP contribution in [0.4, 0.5) is 14.5 Å². The monoisotopic (exact) mass is 261 g/mol. The molecule has 2 rings (SSSR count). The van der Waals surface area contributed by atoms with Gasteiger partial charge in [0.2, 0.25) is 0 Å². The molecule has 1 saturated carbocycles. The molecule has 0 amide bonds. The van der Waals surface area contributed by atoms with Crippen LogP contribution in [-0.4, -0.2) is 12.7 Å². The molecule has 0 saturated heterocycles. The highest BCUT2D eigenvalue weighted by Crippen LogP contribution is 2.35. The maximum atomic E-state index is 12.0. The van der Waals surface area contributed by atoms with Crippen molar-refractivity contribution in [1.82, 2.24) is 0 Å². The normalized spacial score (nSPS) is 17.0. The maximum Gasteiger partial charge on any atom is 0.387 e. The summed E-state index contributed by atoms with van der Waals surface area (Å²) in [6, 6.07) is 5.14. The van der Waals surface area contributed by atoms with E-state index in [1.54, 1.807) is 12.1 Å². The second kappa shape index (κ2) is 5.08. The first kappa shape index (κ1) is 12.4. The SMILES string of the molecule is CC(Nc1ccc(OC(F)F)c(Cl)c1)C1CC1. The summed E-state index contributed by atoms with van der Waals surface area (Å²) in [5.41, 5.74) is 0.830. The first-order valence-electron chi connectivity index (χ1n) is 5.57. The van der Waals surface area contributed by atoms with E-state index in [0.717, 1.165) is 5.69 Å².